The number of rotatable bonds is 1. The van der Waals surface area contributed by atoms with E-state index in [0.29, 0.717) is 16.5 Å². The molecular weight excluding hydrogens is 214 g/mol. The fourth-order valence-electron chi connectivity index (χ4n) is 2.14. The first-order valence-corrected chi connectivity index (χ1v) is 5.40. The molecule has 0 fully saturated rings. The van der Waals surface area contributed by atoms with Crippen LogP contribution in [0.15, 0.2) is 0 Å². The van der Waals surface area contributed by atoms with Gasteiger partial charge >= 0.3 is 0 Å². The quantitative estimate of drug-likeness (QED) is 0.573. The third kappa shape index (κ3) is 1.51. The molecule has 0 aliphatic heterocycles. The lowest BCUT2D eigenvalue weighted by molar-refractivity contribution is 0.373. The largest absolute Gasteiger partial charge is 0.503 e. The number of halogens is 1. The van der Waals surface area contributed by atoms with Crippen LogP contribution >= 0.6 is 11.6 Å². The molecule has 0 spiro atoms. The Bertz CT molecular complexity index is 404. The molecule has 0 radical (unpaired) electrons. The molecule has 1 aliphatic rings. The summed E-state index contributed by atoms with van der Waals surface area (Å²) in [6, 6.07) is 0. The summed E-state index contributed by atoms with van der Waals surface area (Å²) in [7, 11) is 1.48. The van der Waals surface area contributed by atoms with Gasteiger partial charge in [0.1, 0.15) is 0 Å². The van der Waals surface area contributed by atoms with Gasteiger partial charge in [0.05, 0.1) is 17.8 Å². The summed E-state index contributed by atoms with van der Waals surface area (Å²) in [6.45, 7) is 0. The summed E-state index contributed by atoms with van der Waals surface area (Å²) in [6.07, 6.45) is 4.01. The molecule has 4 heteroatoms. The van der Waals surface area contributed by atoms with Gasteiger partial charge in [-0.05, 0) is 36.8 Å². The van der Waals surface area contributed by atoms with Gasteiger partial charge in [0, 0.05) is 0 Å². The summed E-state index contributed by atoms with van der Waals surface area (Å²) in [5.41, 5.74) is 8.31. The van der Waals surface area contributed by atoms with E-state index in [2.05, 4.69) is 0 Å². The van der Waals surface area contributed by atoms with Crippen molar-refractivity contribution in [3.63, 3.8) is 0 Å². The highest BCUT2D eigenvalue weighted by Gasteiger charge is 2.23. The third-order valence-electron chi connectivity index (χ3n) is 2.93. The van der Waals surface area contributed by atoms with E-state index in [9.17, 15) is 5.11 Å². The molecule has 3 N–H and O–H groups in total. The number of hydrogen-bond acceptors (Lipinski definition) is 3. The lowest BCUT2D eigenvalue weighted by Gasteiger charge is -2.22. The number of aromatic hydroxyl groups is 1. The number of nitrogens with two attached hydrogens (primary N) is 1. The van der Waals surface area contributed by atoms with Gasteiger partial charge in [0.15, 0.2) is 11.5 Å². The number of ether oxygens (including phenoxy) is 1. The molecule has 3 nitrogen and oxygen atoms in total. The Balaban J connectivity index is 2.69. The maximum Gasteiger partial charge on any atom is 0.183 e. The van der Waals surface area contributed by atoms with Crippen LogP contribution in [0.5, 0.6) is 11.5 Å². The van der Waals surface area contributed by atoms with Crippen LogP contribution in [0.3, 0.4) is 0 Å². The van der Waals surface area contributed by atoms with Crippen molar-refractivity contribution >= 4 is 17.3 Å². The molecule has 0 heterocycles. The van der Waals surface area contributed by atoms with Gasteiger partial charge in [-0.2, -0.15) is 0 Å². The normalized spacial score (nSPS) is 14.8. The molecule has 1 aromatic carbocycles. The molecule has 0 amide bonds. The number of fused-ring (bicyclic) bond motifs is 1. The minimum Gasteiger partial charge on any atom is -0.503 e. The van der Waals surface area contributed by atoms with E-state index in [0.717, 1.165) is 36.8 Å². The average Bonchev–Trinajstić information content (AvgIpc) is 2.27. The highest BCUT2D eigenvalue weighted by molar-refractivity contribution is 6.33. The van der Waals surface area contributed by atoms with Crippen molar-refractivity contribution in [1.82, 2.24) is 0 Å². The Morgan fingerprint density at radius 3 is 2.47 bits per heavy atom. The fourth-order valence-corrected chi connectivity index (χ4v) is 2.51. The SMILES string of the molecule is COc1c(O)c(N)c2c(c1Cl)CCCC2. The van der Waals surface area contributed by atoms with Gasteiger partial charge in [0.25, 0.3) is 0 Å². The maximum absolute atomic E-state index is 9.80. The molecule has 2 rings (SSSR count). The number of phenols is 1. The fraction of sp³-hybridized carbons (Fsp3) is 0.455. The molecule has 0 saturated carbocycles. The summed E-state index contributed by atoms with van der Waals surface area (Å²) < 4.78 is 5.06. The first kappa shape index (κ1) is 10.4. The summed E-state index contributed by atoms with van der Waals surface area (Å²) in [4.78, 5) is 0. The Morgan fingerprint density at radius 2 is 1.87 bits per heavy atom. The zero-order chi connectivity index (χ0) is 11.0. The second-order valence-electron chi connectivity index (χ2n) is 3.77. The molecule has 0 unspecified atom stereocenters. The van der Waals surface area contributed by atoms with Gasteiger partial charge < -0.3 is 15.6 Å². The van der Waals surface area contributed by atoms with E-state index in [1.165, 1.54) is 7.11 Å². The van der Waals surface area contributed by atoms with Gasteiger partial charge in [-0.1, -0.05) is 11.6 Å². The lowest BCUT2D eigenvalue weighted by atomic mass is 9.89. The highest BCUT2D eigenvalue weighted by atomic mass is 35.5. The van der Waals surface area contributed by atoms with E-state index < -0.39 is 0 Å². The van der Waals surface area contributed by atoms with Gasteiger partial charge in [-0.15, -0.1) is 0 Å². The predicted octanol–water partition coefficient (Wildman–Crippen LogP) is 2.52. The summed E-state index contributed by atoms with van der Waals surface area (Å²) in [5.74, 6) is 0.276. The molecule has 1 aliphatic carbocycles. The monoisotopic (exact) mass is 227 g/mol. The Labute approximate surface area is 93.8 Å². The van der Waals surface area contributed by atoms with Crippen molar-refractivity contribution in [3.8, 4) is 11.5 Å². The van der Waals surface area contributed by atoms with Gasteiger partial charge in [-0.25, -0.2) is 0 Å². The second-order valence-corrected chi connectivity index (χ2v) is 4.15. The van der Waals surface area contributed by atoms with Crippen molar-refractivity contribution in [2.45, 2.75) is 25.7 Å². The average molecular weight is 228 g/mol. The zero-order valence-electron chi connectivity index (χ0n) is 8.64. The smallest absolute Gasteiger partial charge is 0.183 e. The highest BCUT2D eigenvalue weighted by Crippen LogP contribution is 2.46. The van der Waals surface area contributed by atoms with Crippen molar-refractivity contribution in [1.29, 1.82) is 0 Å². The third-order valence-corrected chi connectivity index (χ3v) is 3.33. The Hall–Kier alpha value is -1.09. The molecule has 15 heavy (non-hydrogen) atoms. The van der Waals surface area contributed by atoms with E-state index in [4.69, 9.17) is 22.1 Å². The maximum atomic E-state index is 9.80. The van der Waals surface area contributed by atoms with Crippen LogP contribution in [0.2, 0.25) is 5.02 Å². The summed E-state index contributed by atoms with van der Waals surface area (Å²) >= 11 is 6.16. The van der Waals surface area contributed by atoms with Crippen LogP contribution in [-0.2, 0) is 12.8 Å². The first-order valence-electron chi connectivity index (χ1n) is 5.02. The molecule has 0 saturated heterocycles. The van der Waals surface area contributed by atoms with Crippen molar-refractivity contribution in [2.75, 3.05) is 12.8 Å². The van der Waals surface area contributed by atoms with E-state index in [1.54, 1.807) is 0 Å². The summed E-state index contributed by atoms with van der Waals surface area (Å²) in [5, 5.41) is 10.3. The van der Waals surface area contributed by atoms with Gasteiger partial charge in [-0.3, -0.25) is 0 Å². The van der Waals surface area contributed by atoms with Crippen LogP contribution in [0.25, 0.3) is 0 Å². The molecule has 0 bridgehead atoms. The van der Waals surface area contributed by atoms with Crippen LogP contribution in [0.1, 0.15) is 24.0 Å². The number of hydrogen-bond donors (Lipinski definition) is 2. The number of anilines is 1. The number of phenolic OH excluding ortho intramolecular Hbond substituents is 1. The molecular formula is C11H14ClNO2. The van der Waals surface area contributed by atoms with Gasteiger partial charge in [0.2, 0.25) is 0 Å². The van der Waals surface area contributed by atoms with Crippen LogP contribution in [-0.4, -0.2) is 12.2 Å². The topological polar surface area (TPSA) is 55.5 Å². The van der Waals surface area contributed by atoms with E-state index in [-0.39, 0.29) is 5.75 Å². The van der Waals surface area contributed by atoms with E-state index in [1.807, 2.05) is 0 Å². The standard InChI is InChI=1S/C11H14ClNO2/c1-15-11-8(12)6-4-2-3-5-7(6)9(13)10(11)14/h14H,2-5,13H2,1H3. The number of methoxy groups -OCH3 is 1. The Kier molecular flexibility index (Phi) is 2.65. The molecule has 1 aromatic rings. The lowest BCUT2D eigenvalue weighted by Crippen LogP contribution is -2.08. The first-order chi connectivity index (χ1) is 7.16. The molecule has 0 atom stereocenters. The Morgan fingerprint density at radius 1 is 1.27 bits per heavy atom. The van der Waals surface area contributed by atoms with Crippen molar-refractivity contribution < 1.29 is 9.84 Å². The predicted molar refractivity (Wildman–Crippen MR) is 60.7 cm³/mol. The minimum atomic E-state index is -0.0249. The number of nitrogen functional groups attached to an aromatic ring is 1. The molecule has 0 aromatic heterocycles. The second kappa shape index (κ2) is 3.81. The van der Waals surface area contributed by atoms with Crippen molar-refractivity contribution in [2.24, 2.45) is 0 Å². The zero-order valence-corrected chi connectivity index (χ0v) is 9.40. The van der Waals surface area contributed by atoms with E-state index >= 15 is 0 Å². The van der Waals surface area contributed by atoms with Crippen LogP contribution in [0.4, 0.5) is 5.69 Å². The van der Waals surface area contributed by atoms with Crippen molar-refractivity contribution in [3.05, 3.63) is 16.1 Å². The number of benzene rings is 1. The van der Waals surface area contributed by atoms with Crippen LogP contribution in [0, 0.1) is 0 Å². The van der Waals surface area contributed by atoms with Crippen LogP contribution < -0.4 is 10.5 Å². The minimum absolute atomic E-state index is 0.0249. The molecule has 82 valence electrons.